The van der Waals surface area contributed by atoms with Crippen molar-refractivity contribution in [2.75, 3.05) is 49.1 Å². The SMILES string of the molecule is CC1(C)CCC(c2cc(N3CCCC3)ccc2N2CCN(Cc3ccco3)CC2)CC1. The fraction of sp³-hybridized carbons (Fsp3) is 0.630. The van der Waals surface area contributed by atoms with E-state index in [2.05, 4.69) is 52.8 Å². The lowest BCUT2D eigenvalue weighted by Gasteiger charge is -2.40. The summed E-state index contributed by atoms with van der Waals surface area (Å²) in [6.07, 6.45) is 9.83. The summed E-state index contributed by atoms with van der Waals surface area (Å²) in [6.45, 7) is 12.7. The molecule has 2 aromatic rings. The monoisotopic (exact) mass is 421 g/mol. The molecule has 0 bridgehead atoms. The van der Waals surface area contributed by atoms with Crippen molar-refractivity contribution in [1.82, 2.24) is 4.90 Å². The van der Waals surface area contributed by atoms with Gasteiger partial charge in [0.2, 0.25) is 0 Å². The first-order valence-electron chi connectivity index (χ1n) is 12.5. The lowest BCUT2D eigenvalue weighted by molar-refractivity contribution is 0.222. The third kappa shape index (κ3) is 4.79. The van der Waals surface area contributed by atoms with Crippen LogP contribution in [0.25, 0.3) is 0 Å². The van der Waals surface area contributed by atoms with E-state index in [4.69, 9.17) is 4.42 Å². The molecule has 0 amide bonds. The van der Waals surface area contributed by atoms with Crippen molar-refractivity contribution in [1.29, 1.82) is 0 Å². The fourth-order valence-electron chi connectivity index (χ4n) is 5.81. The van der Waals surface area contributed by atoms with Crippen LogP contribution >= 0.6 is 0 Å². The van der Waals surface area contributed by atoms with Gasteiger partial charge >= 0.3 is 0 Å². The maximum Gasteiger partial charge on any atom is 0.117 e. The Kier molecular flexibility index (Phi) is 6.01. The van der Waals surface area contributed by atoms with Crippen LogP contribution in [0.1, 0.15) is 69.6 Å². The van der Waals surface area contributed by atoms with Crippen molar-refractivity contribution in [3.8, 4) is 0 Å². The molecule has 4 heteroatoms. The van der Waals surface area contributed by atoms with E-state index >= 15 is 0 Å². The van der Waals surface area contributed by atoms with Crippen LogP contribution in [-0.2, 0) is 6.54 Å². The van der Waals surface area contributed by atoms with Crippen LogP contribution in [0.2, 0.25) is 0 Å². The van der Waals surface area contributed by atoms with Crippen molar-refractivity contribution >= 4 is 11.4 Å². The third-order valence-corrected chi connectivity index (χ3v) is 7.93. The minimum atomic E-state index is 0.515. The second-order valence-corrected chi connectivity index (χ2v) is 10.7. The summed E-state index contributed by atoms with van der Waals surface area (Å²) in [6, 6.07) is 11.5. The smallest absolute Gasteiger partial charge is 0.117 e. The summed E-state index contributed by atoms with van der Waals surface area (Å²) >= 11 is 0. The topological polar surface area (TPSA) is 22.9 Å². The van der Waals surface area contributed by atoms with E-state index in [1.807, 2.05) is 6.07 Å². The van der Waals surface area contributed by atoms with E-state index in [0.717, 1.165) is 38.5 Å². The molecule has 0 atom stereocenters. The first kappa shape index (κ1) is 20.9. The van der Waals surface area contributed by atoms with Crippen LogP contribution in [0, 0.1) is 5.41 Å². The van der Waals surface area contributed by atoms with Gasteiger partial charge in [0, 0.05) is 50.6 Å². The molecular formula is C27H39N3O. The highest BCUT2D eigenvalue weighted by molar-refractivity contribution is 5.64. The van der Waals surface area contributed by atoms with E-state index in [1.54, 1.807) is 11.8 Å². The number of furan rings is 1. The number of anilines is 2. The maximum absolute atomic E-state index is 5.56. The van der Waals surface area contributed by atoms with Crippen LogP contribution < -0.4 is 9.80 Å². The van der Waals surface area contributed by atoms with Gasteiger partial charge in [0.25, 0.3) is 0 Å². The Bertz CT molecular complexity index is 835. The van der Waals surface area contributed by atoms with Gasteiger partial charge in [0.15, 0.2) is 0 Å². The standard InChI is InChI=1S/C27H39N3O/c1-27(2)11-9-22(10-12-27)25-20-23(29-13-3-4-14-29)7-8-26(25)30-17-15-28(16-18-30)21-24-6-5-19-31-24/h5-8,19-20,22H,3-4,9-18,21H2,1-2H3. The van der Waals surface area contributed by atoms with E-state index < -0.39 is 0 Å². The normalized spacial score (nSPS) is 22.9. The lowest BCUT2D eigenvalue weighted by Crippen LogP contribution is -2.46. The zero-order chi connectivity index (χ0) is 21.3. The summed E-state index contributed by atoms with van der Waals surface area (Å²) < 4.78 is 5.56. The van der Waals surface area contributed by atoms with Gasteiger partial charge in [-0.2, -0.15) is 0 Å². The zero-order valence-corrected chi connectivity index (χ0v) is 19.5. The van der Waals surface area contributed by atoms with Gasteiger partial charge in [-0.1, -0.05) is 13.8 Å². The van der Waals surface area contributed by atoms with Crippen molar-refractivity contribution in [3.63, 3.8) is 0 Å². The summed E-state index contributed by atoms with van der Waals surface area (Å²) in [4.78, 5) is 7.78. The quantitative estimate of drug-likeness (QED) is 0.601. The minimum Gasteiger partial charge on any atom is -0.468 e. The van der Waals surface area contributed by atoms with Gasteiger partial charge in [0.05, 0.1) is 12.8 Å². The molecule has 2 saturated heterocycles. The average molecular weight is 422 g/mol. The van der Waals surface area contributed by atoms with Gasteiger partial charge < -0.3 is 14.2 Å². The minimum absolute atomic E-state index is 0.515. The molecule has 0 spiro atoms. The lowest BCUT2D eigenvalue weighted by atomic mass is 9.71. The highest BCUT2D eigenvalue weighted by Gasteiger charge is 2.31. The van der Waals surface area contributed by atoms with Crippen LogP contribution in [-0.4, -0.2) is 44.2 Å². The first-order chi connectivity index (χ1) is 15.1. The van der Waals surface area contributed by atoms with E-state index in [0.29, 0.717) is 11.3 Å². The van der Waals surface area contributed by atoms with Crippen LogP contribution in [0.3, 0.4) is 0 Å². The molecule has 1 aliphatic carbocycles. The fourth-order valence-corrected chi connectivity index (χ4v) is 5.81. The molecule has 5 rings (SSSR count). The Labute approximate surface area is 188 Å². The Balaban J connectivity index is 1.33. The summed E-state index contributed by atoms with van der Waals surface area (Å²) in [5.74, 6) is 1.79. The first-order valence-corrected chi connectivity index (χ1v) is 12.5. The van der Waals surface area contributed by atoms with Crippen molar-refractivity contribution in [3.05, 3.63) is 47.9 Å². The van der Waals surface area contributed by atoms with Gasteiger partial charge in [-0.3, -0.25) is 4.90 Å². The van der Waals surface area contributed by atoms with Crippen LogP contribution in [0.4, 0.5) is 11.4 Å². The van der Waals surface area contributed by atoms with Crippen molar-refractivity contribution < 1.29 is 4.42 Å². The van der Waals surface area contributed by atoms with Crippen LogP contribution in [0.5, 0.6) is 0 Å². The molecule has 1 aromatic heterocycles. The number of rotatable bonds is 5. The van der Waals surface area contributed by atoms with Gasteiger partial charge in [0.1, 0.15) is 5.76 Å². The van der Waals surface area contributed by atoms with E-state index in [-0.39, 0.29) is 0 Å². The number of piperazine rings is 1. The molecule has 1 saturated carbocycles. The molecule has 2 aliphatic heterocycles. The van der Waals surface area contributed by atoms with Crippen LogP contribution in [0.15, 0.2) is 41.0 Å². The number of hydrogen-bond acceptors (Lipinski definition) is 4. The molecule has 3 fully saturated rings. The summed E-state index contributed by atoms with van der Waals surface area (Å²) in [7, 11) is 0. The number of hydrogen-bond donors (Lipinski definition) is 0. The zero-order valence-electron chi connectivity index (χ0n) is 19.5. The highest BCUT2D eigenvalue weighted by atomic mass is 16.3. The molecule has 3 aliphatic rings. The Morgan fingerprint density at radius 3 is 2.32 bits per heavy atom. The molecule has 0 unspecified atom stereocenters. The van der Waals surface area contributed by atoms with Gasteiger partial charge in [-0.25, -0.2) is 0 Å². The Morgan fingerprint density at radius 2 is 1.65 bits per heavy atom. The maximum atomic E-state index is 5.56. The van der Waals surface area contributed by atoms with Gasteiger partial charge in [-0.05, 0) is 85.8 Å². The molecule has 1 aromatic carbocycles. The van der Waals surface area contributed by atoms with Crippen molar-refractivity contribution in [2.24, 2.45) is 5.41 Å². The third-order valence-electron chi connectivity index (χ3n) is 7.93. The summed E-state index contributed by atoms with van der Waals surface area (Å²) in [5.41, 5.74) is 5.10. The molecule has 0 N–H and O–H groups in total. The molecular weight excluding hydrogens is 382 g/mol. The second-order valence-electron chi connectivity index (χ2n) is 10.7. The van der Waals surface area contributed by atoms with Crippen molar-refractivity contribution in [2.45, 2.75) is 64.8 Å². The molecule has 31 heavy (non-hydrogen) atoms. The molecule has 3 heterocycles. The van der Waals surface area contributed by atoms with E-state index in [9.17, 15) is 0 Å². The Hall–Kier alpha value is -1.94. The molecule has 168 valence electrons. The Morgan fingerprint density at radius 1 is 0.903 bits per heavy atom. The molecule has 0 radical (unpaired) electrons. The average Bonchev–Trinajstić information content (AvgIpc) is 3.49. The van der Waals surface area contributed by atoms with Gasteiger partial charge in [-0.15, -0.1) is 0 Å². The predicted octanol–water partition coefficient (Wildman–Crippen LogP) is 5.89. The van der Waals surface area contributed by atoms with E-state index in [1.165, 1.54) is 63.0 Å². The highest BCUT2D eigenvalue weighted by Crippen LogP contribution is 2.46. The summed E-state index contributed by atoms with van der Waals surface area (Å²) in [5, 5.41) is 0. The number of nitrogens with zero attached hydrogens (tertiary/aromatic N) is 3. The number of benzene rings is 1. The second kappa shape index (κ2) is 8.90. The predicted molar refractivity (Wildman–Crippen MR) is 129 cm³/mol. The molecule has 4 nitrogen and oxygen atoms in total. The largest absolute Gasteiger partial charge is 0.468 e.